The second kappa shape index (κ2) is 8.04. The number of nitrogens with zero attached hydrogens (tertiary/aromatic N) is 3. The summed E-state index contributed by atoms with van der Waals surface area (Å²) in [6.45, 7) is 1.89. The second-order valence-corrected chi connectivity index (χ2v) is 7.82. The highest BCUT2D eigenvalue weighted by atomic mass is 35.5. The first-order chi connectivity index (χ1) is 14.0. The number of carbonyl (C=O) groups excluding carboxylic acids is 2. The van der Waals surface area contributed by atoms with Crippen molar-refractivity contribution in [1.29, 1.82) is 0 Å². The van der Waals surface area contributed by atoms with Crippen LogP contribution in [0.15, 0.2) is 46.0 Å². The summed E-state index contributed by atoms with van der Waals surface area (Å²) in [6, 6.07) is 3.14. The van der Waals surface area contributed by atoms with E-state index in [0.717, 1.165) is 0 Å². The van der Waals surface area contributed by atoms with Crippen LogP contribution in [0.25, 0.3) is 0 Å². The number of hydrogen-bond donors (Lipinski definition) is 0. The van der Waals surface area contributed by atoms with Crippen LogP contribution in [0.5, 0.6) is 0 Å². The number of halogens is 2. The molecule has 0 radical (unpaired) electrons. The van der Waals surface area contributed by atoms with Crippen LogP contribution in [0.3, 0.4) is 0 Å². The van der Waals surface area contributed by atoms with E-state index in [9.17, 15) is 14.0 Å². The number of thiazole rings is 1. The molecular formula is C20H17ClFN3O3S. The smallest absolute Gasteiger partial charge is 0.338 e. The van der Waals surface area contributed by atoms with E-state index >= 15 is 0 Å². The molecule has 4 rings (SSSR count). The Hall–Kier alpha value is -2.58. The van der Waals surface area contributed by atoms with Gasteiger partial charge in [0.2, 0.25) is 5.91 Å². The quantitative estimate of drug-likeness (QED) is 0.675. The summed E-state index contributed by atoms with van der Waals surface area (Å²) in [5.41, 5.74) is 1.27. The number of amides is 1. The van der Waals surface area contributed by atoms with Crippen molar-refractivity contribution in [3.8, 4) is 0 Å². The first kappa shape index (κ1) is 19.7. The lowest BCUT2D eigenvalue weighted by atomic mass is 9.91. The molecule has 6 nitrogen and oxygen atoms in total. The average molecular weight is 434 g/mol. The van der Waals surface area contributed by atoms with Crippen LogP contribution >= 0.6 is 22.9 Å². The minimum Gasteiger partial charge on any atom is -0.463 e. The molecule has 29 heavy (non-hydrogen) atoms. The van der Waals surface area contributed by atoms with Crippen LogP contribution < -0.4 is 0 Å². The molecular weight excluding hydrogens is 417 g/mol. The van der Waals surface area contributed by atoms with Crippen LogP contribution in [0.2, 0.25) is 5.02 Å². The number of aromatic nitrogens is 1. The molecule has 2 aliphatic rings. The molecule has 1 atom stereocenters. The van der Waals surface area contributed by atoms with Gasteiger partial charge in [-0.25, -0.2) is 14.2 Å². The Morgan fingerprint density at radius 1 is 1.41 bits per heavy atom. The molecule has 1 aromatic carbocycles. The van der Waals surface area contributed by atoms with Crippen LogP contribution in [0.4, 0.5) is 4.39 Å². The van der Waals surface area contributed by atoms with E-state index in [1.54, 1.807) is 18.5 Å². The largest absolute Gasteiger partial charge is 0.463 e. The van der Waals surface area contributed by atoms with Gasteiger partial charge in [-0.3, -0.25) is 14.7 Å². The Morgan fingerprint density at radius 2 is 2.24 bits per heavy atom. The van der Waals surface area contributed by atoms with Crippen LogP contribution in [-0.4, -0.2) is 34.2 Å². The van der Waals surface area contributed by atoms with Crippen molar-refractivity contribution in [3.63, 3.8) is 0 Å². The number of rotatable bonds is 4. The zero-order valence-electron chi connectivity index (χ0n) is 15.5. The molecule has 2 aliphatic heterocycles. The standard InChI is InChI=1S/C20H17ClFN3O3S/c1-2-28-20(27)16-14-4-3-5-15(26)25(14)18(19-23-8-9-29-19)24-17(16)12-7-6-11(22)10-13(12)21/h6-10,17H,2-5H2,1H3. The SMILES string of the molecule is CCOC(=O)C1=C2CCCC(=O)N2C(c2nccs2)=NC1c1ccc(F)cc1Cl. The molecule has 0 N–H and O–H groups in total. The number of carbonyl (C=O) groups is 2. The number of hydrogen-bond acceptors (Lipinski definition) is 6. The first-order valence-corrected chi connectivity index (χ1v) is 10.4. The molecule has 1 aromatic heterocycles. The van der Waals surface area contributed by atoms with Crippen LogP contribution in [0.1, 0.15) is 42.8 Å². The fourth-order valence-corrected chi connectivity index (χ4v) is 4.45. The third-order valence-electron chi connectivity index (χ3n) is 4.75. The van der Waals surface area contributed by atoms with Gasteiger partial charge in [-0.15, -0.1) is 11.3 Å². The molecule has 1 amide bonds. The van der Waals surface area contributed by atoms with Gasteiger partial charge in [0, 0.05) is 34.3 Å². The molecule has 0 bridgehead atoms. The third kappa shape index (κ3) is 3.58. The Kier molecular flexibility index (Phi) is 5.47. The van der Waals surface area contributed by atoms with Crippen molar-refractivity contribution in [2.75, 3.05) is 6.61 Å². The number of piperidine rings is 1. The maximum Gasteiger partial charge on any atom is 0.338 e. The molecule has 1 unspecified atom stereocenters. The second-order valence-electron chi connectivity index (χ2n) is 6.52. The van der Waals surface area contributed by atoms with Crippen molar-refractivity contribution in [1.82, 2.24) is 9.88 Å². The highest BCUT2D eigenvalue weighted by Crippen LogP contribution is 2.42. The third-order valence-corrected chi connectivity index (χ3v) is 5.84. The molecule has 2 aromatic rings. The lowest BCUT2D eigenvalue weighted by Gasteiger charge is -2.37. The first-order valence-electron chi connectivity index (χ1n) is 9.17. The molecule has 1 saturated heterocycles. The van der Waals surface area contributed by atoms with Gasteiger partial charge in [0.1, 0.15) is 11.9 Å². The van der Waals surface area contributed by atoms with Crippen molar-refractivity contribution < 1.29 is 18.7 Å². The highest BCUT2D eigenvalue weighted by molar-refractivity contribution is 7.11. The Labute approximate surface area is 175 Å². The number of esters is 1. The predicted molar refractivity (Wildman–Crippen MR) is 107 cm³/mol. The summed E-state index contributed by atoms with van der Waals surface area (Å²) < 4.78 is 18.9. The van der Waals surface area contributed by atoms with Crippen molar-refractivity contribution >= 4 is 40.6 Å². The number of ether oxygens (including phenoxy) is 1. The molecule has 0 saturated carbocycles. The summed E-state index contributed by atoms with van der Waals surface area (Å²) in [6.07, 6.45) is 3.11. The number of allylic oxidation sites excluding steroid dienone is 1. The molecule has 150 valence electrons. The Morgan fingerprint density at radius 3 is 2.93 bits per heavy atom. The van der Waals surface area contributed by atoms with Crippen LogP contribution in [-0.2, 0) is 14.3 Å². The van der Waals surface area contributed by atoms with Gasteiger partial charge in [0.25, 0.3) is 0 Å². The van der Waals surface area contributed by atoms with Crippen molar-refractivity contribution in [2.24, 2.45) is 4.99 Å². The van der Waals surface area contributed by atoms with E-state index < -0.39 is 17.8 Å². The number of fused-ring (bicyclic) bond motifs is 1. The van der Waals surface area contributed by atoms with Crippen LogP contribution in [0, 0.1) is 5.82 Å². The van der Waals surface area contributed by atoms with Gasteiger partial charge >= 0.3 is 5.97 Å². The molecule has 1 fully saturated rings. The summed E-state index contributed by atoms with van der Waals surface area (Å²) in [7, 11) is 0. The van der Waals surface area contributed by atoms with Gasteiger partial charge in [0.15, 0.2) is 10.8 Å². The number of amidine groups is 1. The Balaban J connectivity index is 1.95. The molecule has 9 heteroatoms. The van der Waals surface area contributed by atoms with E-state index in [2.05, 4.69) is 4.98 Å². The summed E-state index contributed by atoms with van der Waals surface area (Å²) >= 11 is 7.65. The highest BCUT2D eigenvalue weighted by Gasteiger charge is 2.41. The molecule has 0 aliphatic carbocycles. The summed E-state index contributed by atoms with van der Waals surface area (Å²) in [5, 5.41) is 2.50. The summed E-state index contributed by atoms with van der Waals surface area (Å²) in [4.78, 5) is 36.2. The fraction of sp³-hybridized carbons (Fsp3) is 0.300. The maximum absolute atomic E-state index is 13.6. The van der Waals surface area contributed by atoms with Crippen molar-refractivity contribution in [3.05, 3.63) is 62.5 Å². The van der Waals surface area contributed by atoms with Gasteiger partial charge in [-0.05, 0) is 31.9 Å². The minimum atomic E-state index is -0.821. The number of benzene rings is 1. The molecule has 0 spiro atoms. The lowest BCUT2D eigenvalue weighted by molar-refractivity contribution is -0.139. The zero-order valence-corrected chi connectivity index (χ0v) is 17.1. The van der Waals surface area contributed by atoms with E-state index in [1.165, 1.54) is 34.4 Å². The van der Waals surface area contributed by atoms with E-state index in [-0.39, 0.29) is 23.1 Å². The summed E-state index contributed by atoms with van der Waals surface area (Å²) in [5.74, 6) is -0.822. The van der Waals surface area contributed by atoms with Gasteiger partial charge in [0.05, 0.1) is 12.2 Å². The monoisotopic (exact) mass is 433 g/mol. The van der Waals surface area contributed by atoms with Gasteiger partial charge < -0.3 is 4.74 Å². The zero-order chi connectivity index (χ0) is 20.5. The van der Waals surface area contributed by atoms with Gasteiger partial charge in [-0.2, -0.15) is 0 Å². The minimum absolute atomic E-state index is 0.148. The maximum atomic E-state index is 13.6. The normalized spacial score (nSPS) is 19.1. The van der Waals surface area contributed by atoms with E-state index in [4.69, 9.17) is 21.3 Å². The Bertz CT molecular complexity index is 1040. The predicted octanol–water partition coefficient (Wildman–Crippen LogP) is 4.27. The van der Waals surface area contributed by atoms with Gasteiger partial charge in [-0.1, -0.05) is 17.7 Å². The molecule has 3 heterocycles. The lowest BCUT2D eigenvalue weighted by Crippen LogP contribution is -2.44. The van der Waals surface area contributed by atoms with E-state index in [0.29, 0.717) is 41.4 Å². The van der Waals surface area contributed by atoms with E-state index in [1.807, 2.05) is 0 Å². The average Bonchev–Trinajstić information content (AvgIpc) is 3.22. The topological polar surface area (TPSA) is 71.9 Å². The fourth-order valence-electron chi connectivity index (χ4n) is 3.56. The number of aliphatic imine (C=N–C) groups is 1. The van der Waals surface area contributed by atoms with Crippen molar-refractivity contribution in [2.45, 2.75) is 32.2 Å².